The summed E-state index contributed by atoms with van der Waals surface area (Å²) < 4.78 is 0. The summed E-state index contributed by atoms with van der Waals surface area (Å²) in [5.74, 6) is 0.126. The van der Waals surface area contributed by atoms with Gasteiger partial charge in [0.2, 0.25) is 5.91 Å². The Hall–Kier alpha value is -1.13. The molecule has 20 heavy (non-hydrogen) atoms. The summed E-state index contributed by atoms with van der Waals surface area (Å²) in [5.41, 5.74) is 2.62. The first-order valence-corrected chi connectivity index (χ1v) is 7.88. The third-order valence-corrected chi connectivity index (χ3v) is 4.26. The number of allylic oxidation sites excluding steroid dienone is 1. The van der Waals surface area contributed by atoms with Gasteiger partial charge >= 0.3 is 0 Å². The van der Waals surface area contributed by atoms with E-state index in [4.69, 9.17) is 0 Å². The van der Waals surface area contributed by atoms with E-state index in [0.29, 0.717) is 0 Å². The number of carbonyl (C=O) groups excluding carboxylic acids is 1. The molecule has 1 heterocycles. The molecule has 0 aromatic rings. The highest BCUT2D eigenvalue weighted by Gasteiger charge is 2.29. The minimum absolute atomic E-state index is 0.126. The molecule has 1 aliphatic heterocycles. The molecule has 0 radical (unpaired) electrons. The van der Waals surface area contributed by atoms with Crippen molar-refractivity contribution in [3.8, 4) is 0 Å². The third kappa shape index (κ3) is 3.70. The molecule has 1 aliphatic carbocycles. The normalized spacial score (nSPS) is 21.4. The van der Waals surface area contributed by atoms with Crippen LogP contribution < -0.4 is 10.6 Å². The molecular weight excluding hydrogens is 250 g/mol. The maximum absolute atomic E-state index is 12.2. The Morgan fingerprint density at radius 1 is 1.45 bits per heavy atom. The van der Waals surface area contributed by atoms with E-state index in [-0.39, 0.29) is 11.9 Å². The van der Waals surface area contributed by atoms with Crippen LogP contribution in [0.5, 0.6) is 0 Å². The molecule has 0 aromatic heterocycles. The fraction of sp³-hybridized carbons (Fsp3) is 0.688. The first-order chi connectivity index (χ1) is 9.76. The average molecular weight is 277 g/mol. The predicted octanol–water partition coefficient (Wildman–Crippen LogP) is 1.45. The zero-order valence-electron chi connectivity index (χ0n) is 12.7. The highest BCUT2D eigenvalue weighted by Crippen LogP contribution is 2.25. The Kier molecular flexibility index (Phi) is 5.80. The molecule has 0 saturated heterocycles. The van der Waals surface area contributed by atoms with Gasteiger partial charge in [-0.1, -0.05) is 31.6 Å². The Balaban J connectivity index is 1.73. The number of rotatable bonds is 7. The number of carbonyl (C=O) groups is 1. The second kappa shape index (κ2) is 7.60. The van der Waals surface area contributed by atoms with Gasteiger partial charge in [-0.05, 0) is 44.5 Å². The van der Waals surface area contributed by atoms with E-state index in [1.54, 1.807) is 0 Å². The lowest BCUT2D eigenvalue weighted by atomic mass is 9.96. The molecule has 0 saturated carbocycles. The van der Waals surface area contributed by atoms with Crippen LogP contribution in [0.3, 0.4) is 0 Å². The summed E-state index contributed by atoms with van der Waals surface area (Å²) >= 11 is 0. The van der Waals surface area contributed by atoms with Gasteiger partial charge in [-0.3, -0.25) is 10.1 Å². The second-order valence-corrected chi connectivity index (χ2v) is 5.49. The monoisotopic (exact) mass is 277 g/mol. The molecule has 2 aliphatic rings. The lowest BCUT2D eigenvalue weighted by molar-refractivity contribution is -0.122. The van der Waals surface area contributed by atoms with Gasteiger partial charge in [0.15, 0.2) is 0 Å². The minimum Gasteiger partial charge on any atom is -0.354 e. The topological polar surface area (TPSA) is 44.4 Å². The second-order valence-electron chi connectivity index (χ2n) is 5.49. The summed E-state index contributed by atoms with van der Waals surface area (Å²) in [6, 6.07) is -0.130. The van der Waals surface area contributed by atoms with Crippen molar-refractivity contribution in [2.45, 2.75) is 39.2 Å². The van der Waals surface area contributed by atoms with Crippen LogP contribution in [-0.4, -0.2) is 49.6 Å². The highest BCUT2D eigenvalue weighted by atomic mass is 16.2. The van der Waals surface area contributed by atoms with Crippen LogP contribution in [0.2, 0.25) is 0 Å². The molecule has 0 spiro atoms. The van der Waals surface area contributed by atoms with Crippen molar-refractivity contribution in [2.75, 3.05) is 32.7 Å². The largest absolute Gasteiger partial charge is 0.354 e. The van der Waals surface area contributed by atoms with E-state index in [9.17, 15) is 4.79 Å². The van der Waals surface area contributed by atoms with Crippen LogP contribution in [0.1, 0.15) is 33.1 Å². The molecule has 1 atom stereocenters. The number of nitrogens with zero attached hydrogens (tertiary/aromatic N) is 1. The number of hydrogen-bond acceptors (Lipinski definition) is 3. The quantitative estimate of drug-likeness (QED) is 0.692. The van der Waals surface area contributed by atoms with E-state index >= 15 is 0 Å². The van der Waals surface area contributed by atoms with Gasteiger partial charge in [0.25, 0.3) is 0 Å². The Morgan fingerprint density at radius 2 is 2.25 bits per heavy atom. The minimum atomic E-state index is -0.130. The number of amides is 1. The van der Waals surface area contributed by atoms with E-state index in [1.165, 1.54) is 11.1 Å². The van der Waals surface area contributed by atoms with Gasteiger partial charge in [0.1, 0.15) is 6.04 Å². The lowest BCUT2D eigenvalue weighted by Gasteiger charge is -2.19. The molecule has 1 amide bonds. The molecule has 4 nitrogen and oxygen atoms in total. The molecule has 1 unspecified atom stereocenters. The Bertz CT molecular complexity index is 397. The zero-order valence-corrected chi connectivity index (χ0v) is 12.7. The van der Waals surface area contributed by atoms with Crippen LogP contribution in [0.25, 0.3) is 0 Å². The smallest absolute Gasteiger partial charge is 0.241 e. The van der Waals surface area contributed by atoms with Gasteiger partial charge in [-0.2, -0.15) is 0 Å². The first-order valence-electron chi connectivity index (χ1n) is 7.88. The molecule has 0 fully saturated rings. The van der Waals surface area contributed by atoms with Crippen LogP contribution in [-0.2, 0) is 4.79 Å². The van der Waals surface area contributed by atoms with Crippen LogP contribution >= 0.6 is 0 Å². The van der Waals surface area contributed by atoms with E-state index in [1.807, 2.05) is 0 Å². The fourth-order valence-electron chi connectivity index (χ4n) is 2.95. The SMILES string of the molecule is CCN(CC)CCCNC(=O)C1NCC2=C1C=CCC2. The van der Waals surface area contributed by atoms with Crippen molar-refractivity contribution in [3.63, 3.8) is 0 Å². The fourth-order valence-corrected chi connectivity index (χ4v) is 2.95. The maximum Gasteiger partial charge on any atom is 0.241 e. The molecule has 0 bridgehead atoms. The van der Waals surface area contributed by atoms with Gasteiger partial charge in [-0.25, -0.2) is 0 Å². The van der Waals surface area contributed by atoms with Gasteiger partial charge in [0, 0.05) is 13.1 Å². The molecule has 2 N–H and O–H groups in total. The number of hydrogen-bond donors (Lipinski definition) is 2. The summed E-state index contributed by atoms with van der Waals surface area (Å²) in [4.78, 5) is 14.6. The maximum atomic E-state index is 12.2. The summed E-state index contributed by atoms with van der Waals surface area (Å²) in [6.07, 6.45) is 7.52. The average Bonchev–Trinajstić information content (AvgIpc) is 2.91. The Labute approximate surface area is 122 Å². The van der Waals surface area contributed by atoms with Crippen molar-refractivity contribution < 1.29 is 4.79 Å². The molecule has 112 valence electrons. The Morgan fingerprint density at radius 3 is 3.00 bits per heavy atom. The van der Waals surface area contributed by atoms with Crippen molar-refractivity contribution in [3.05, 3.63) is 23.3 Å². The summed E-state index contributed by atoms with van der Waals surface area (Å²) in [7, 11) is 0. The van der Waals surface area contributed by atoms with Crippen LogP contribution in [0.15, 0.2) is 23.3 Å². The standard InChI is InChI=1S/C16H27N3O/c1-3-19(4-2)11-7-10-17-16(20)15-14-9-6-5-8-13(14)12-18-15/h6,9,15,18H,3-5,7-8,10-12H2,1-2H3,(H,17,20). The van der Waals surface area contributed by atoms with Crippen molar-refractivity contribution >= 4 is 5.91 Å². The van der Waals surface area contributed by atoms with Gasteiger partial charge < -0.3 is 10.2 Å². The van der Waals surface area contributed by atoms with Crippen LogP contribution in [0, 0.1) is 0 Å². The number of nitrogens with one attached hydrogen (secondary N) is 2. The molecule has 0 aromatic carbocycles. The van der Waals surface area contributed by atoms with Gasteiger partial charge in [0.05, 0.1) is 0 Å². The van der Waals surface area contributed by atoms with Crippen molar-refractivity contribution in [1.29, 1.82) is 0 Å². The van der Waals surface area contributed by atoms with Crippen LogP contribution in [0.4, 0.5) is 0 Å². The molecular formula is C16H27N3O. The third-order valence-electron chi connectivity index (χ3n) is 4.26. The highest BCUT2D eigenvalue weighted by molar-refractivity contribution is 5.87. The van der Waals surface area contributed by atoms with E-state index in [0.717, 1.165) is 52.0 Å². The summed E-state index contributed by atoms with van der Waals surface area (Å²) in [6.45, 7) is 9.20. The van der Waals surface area contributed by atoms with E-state index < -0.39 is 0 Å². The first kappa shape index (κ1) is 15.3. The van der Waals surface area contributed by atoms with Crippen molar-refractivity contribution in [2.24, 2.45) is 0 Å². The van der Waals surface area contributed by atoms with Crippen molar-refractivity contribution in [1.82, 2.24) is 15.5 Å². The predicted molar refractivity (Wildman–Crippen MR) is 82.6 cm³/mol. The van der Waals surface area contributed by atoms with E-state index in [2.05, 4.69) is 41.5 Å². The lowest BCUT2D eigenvalue weighted by Crippen LogP contribution is -2.43. The summed E-state index contributed by atoms with van der Waals surface area (Å²) in [5, 5.41) is 6.39. The molecule has 2 rings (SSSR count). The van der Waals surface area contributed by atoms with Gasteiger partial charge in [-0.15, -0.1) is 0 Å². The zero-order chi connectivity index (χ0) is 14.4. The molecule has 4 heteroatoms.